The van der Waals surface area contributed by atoms with Gasteiger partial charge in [0.1, 0.15) is 17.5 Å². The molecule has 3 heterocycles. The van der Waals surface area contributed by atoms with Gasteiger partial charge in [-0.3, -0.25) is 9.20 Å². The van der Waals surface area contributed by atoms with Gasteiger partial charge in [-0.25, -0.2) is 4.98 Å². The molecule has 1 unspecified atom stereocenters. The van der Waals surface area contributed by atoms with Gasteiger partial charge in [-0.2, -0.15) is 0 Å². The maximum absolute atomic E-state index is 11.6. The number of rotatable bonds is 7. The van der Waals surface area contributed by atoms with Gasteiger partial charge in [0.15, 0.2) is 0 Å². The molecule has 0 spiro atoms. The van der Waals surface area contributed by atoms with E-state index in [0.717, 1.165) is 32.2 Å². The number of aliphatic hydroxyl groups is 1. The number of carbonyl (C=O) groups is 1. The topological polar surface area (TPSA) is 89.9 Å². The van der Waals surface area contributed by atoms with Gasteiger partial charge in [0, 0.05) is 22.8 Å². The lowest BCUT2D eigenvalue weighted by Crippen LogP contribution is -2.14. The van der Waals surface area contributed by atoms with Crippen molar-refractivity contribution in [3.05, 3.63) is 75.9 Å². The van der Waals surface area contributed by atoms with Crippen LogP contribution in [0.1, 0.15) is 29.0 Å². The molecule has 3 N–H and O–H groups in total. The van der Waals surface area contributed by atoms with Crippen molar-refractivity contribution < 1.29 is 14.6 Å². The van der Waals surface area contributed by atoms with E-state index in [4.69, 9.17) is 22.1 Å². The number of pyridine rings is 1. The number of imidazole rings is 1. The van der Waals surface area contributed by atoms with Gasteiger partial charge < -0.3 is 15.6 Å². The van der Waals surface area contributed by atoms with Crippen LogP contribution in [0.4, 0.5) is 0 Å². The smallest absolute Gasteiger partial charge is 0.222 e. The summed E-state index contributed by atoms with van der Waals surface area (Å²) in [5.74, 6) is 0.166. The van der Waals surface area contributed by atoms with Gasteiger partial charge in [0.2, 0.25) is 5.91 Å². The highest BCUT2D eigenvalue weighted by Crippen LogP contribution is 2.39. The number of ether oxygens (including phenoxy) is 1. The predicted molar refractivity (Wildman–Crippen MR) is 118 cm³/mol. The number of primary amides is 1. The van der Waals surface area contributed by atoms with E-state index in [1.54, 1.807) is 12.3 Å². The highest BCUT2D eigenvalue weighted by molar-refractivity contribution is 7.15. The molecule has 30 heavy (non-hydrogen) atoms. The molecule has 4 aromatic rings. The maximum Gasteiger partial charge on any atom is 0.222 e. The minimum absolute atomic E-state index is 0.0782. The summed E-state index contributed by atoms with van der Waals surface area (Å²) >= 11 is 7.83. The van der Waals surface area contributed by atoms with Crippen molar-refractivity contribution in [1.29, 1.82) is 0 Å². The number of carbonyl (C=O) groups excluding carboxylic acids is 1. The second kappa shape index (κ2) is 8.47. The van der Waals surface area contributed by atoms with Crippen molar-refractivity contribution in [2.75, 3.05) is 0 Å². The van der Waals surface area contributed by atoms with Crippen LogP contribution in [-0.2, 0) is 17.8 Å². The standard InChI is InChI=1S/C22H20ClN3O3S/c1-13(15-6-5-14(12-27)8-16(15)23)29-18-9-19(30-20(18)10-21(24)28)17-11-25-22-4-2-3-7-26(17)22/h2-9,11,13,27H,10,12H2,1H3,(H2,24,28). The van der Waals surface area contributed by atoms with Crippen LogP contribution in [-0.4, -0.2) is 20.4 Å². The van der Waals surface area contributed by atoms with Gasteiger partial charge >= 0.3 is 0 Å². The number of hydrogen-bond acceptors (Lipinski definition) is 5. The summed E-state index contributed by atoms with van der Waals surface area (Å²) in [6.45, 7) is 1.81. The lowest BCUT2D eigenvalue weighted by Gasteiger charge is -2.17. The van der Waals surface area contributed by atoms with Crippen molar-refractivity contribution in [3.63, 3.8) is 0 Å². The molecule has 0 saturated carbocycles. The molecule has 0 saturated heterocycles. The number of nitrogens with two attached hydrogens (primary N) is 1. The summed E-state index contributed by atoms with van der Waals surface area (Å²) in [6, 6.07) is 13.1. The average molecular weight is 442 g/mol. The normalized spacial score (nSPS) is 12.2. The maximum atomic E-state index is 11.6. The number of aliphatic hydroxyl groups excluding tert-OH is 1. The third kappa shape index (κ3) is 4.05. The molecular formula is C22H20ClN3O3S. The summed E-state index contributed by atoms with van der Waals surface area (Å²) in [4.78, 5) is 17.7. The zero-order valence-corrected chi connectivity index (χ0v) is 17.8. The third-order valence-corrected chi connectivity index (χ3v) is 6.23. The molecule has 4 rings (SSSR count). The van der Waals surface area contributed by atoms with Gasteiger partial charge in [0.25, 0.3) is 0 Å². The summed E-state index contributed by atoms with van der Waals surface area (Å²) in [6.07, 6.45) is 3.46. The van der Waals surface area contributed by atoms with E-state index in [9.17, 15) is 9.90 Å². The average Bonchev–Trinajstić information content (AvgIpc) is 3.31. The van der Waals surface area contributed by atoms with Crippen molar-refractivity contribution in [2.45, 2.75) is 26.1 Å². The molecule has 1 aromatic carbocycles. The van der Waals surface area contributed by atoms with Gasteiger partial charge in [0.05, 0.1) is 34.7 Å². The minimum atomic E-state index is -0.427. The Morgan fingerprint density at radius 2 is 2.17 bits per heavy atom. The van der Waals surface area contributed by atoms with Crippen molar-refractivity contribution in [1.82, 2.24) is 9.38 Å². The number of amides is 1. The molecule has 154 valence electrons. The largest absolute Gasteiger partial charge is 0.485 e. The quantitative estimate of drug-likeness (QED) is 0.445. The van der Waals surface area contributed by atoms with Crippen molar-refractivity contribution >= 4 is 34.5 Å². The van der Waals surface area contributed by atoms with E-state index in [2.05, 4.69) is 4.98 Å². The van der Waals surface area contributed by atoms with Crippen LogP contribution in [0.2, 0.25) is 5.02 Å². The molecular weight excluding hydrogens is 422 g/mol. The van der Waals surface area contributed by atoms with Gasteiger partial charge in [-0.1, -0.05) is 29.8 Å². The Balaban J connectivity index is 1.69. The lowest BCUT2D eigenvalue weighted by atomic mass is 10.1. The zero-order chi connectivity index (χ0) is 21.3. The number of fused-ring (bicyclic) bond motifs is 1. The number of halogens is 1. The highest BCUT2D eigenvalue weighted by Gasteiger charge is 2.20. The summed E-state index contributed by atoms with van der Waals surface area (Å²) in [5.41, 5.74) is 8.73. The van der Waals surface area contributed by atoms with Crippen molar-refractivity contribution in [3.8, 4) is 16.3 Å². The van der Waals surface area contributed by atoms with E-state index < -0.39 is 5.91 Å². The summed E-state index contributed by atoms with van der Waals surface area (Å²) in [5, 5.41) is 9.79. The van der Waals surface area contributed by atoms with E-state index in [1.165, 1.54) is 11.3 Å². The van der Waals surface area contributed by atoms with Crippen LogP contribution in [0, 0.1) is 0 Å². The number of nitrogens with zero attached hydrogens (tertiary/aromatic N) is 2. The molecule has 0 fully saturated rings. The molecule has 6 nitrogen and oxygen atoms in total. The SMILES string of the molecule is CC(Oc1cc(-c2cnc3ccccn23)sc1CC(N)=O)c1ccc(CO)cc1Cl. The highest BCUT2D eigenvalue weighted by atomic mass is 35.5. The summed E-state index contributed by atoms with van der Waals surface area (Å²) < 4.78 is 8.19. The van der Waals surface area contributed by atoms with Crippen molar-refractivity contribution in [2.24, 2.45) is 5.73 Å². The lowest BCUT2D eigenvalue weighted by molar-refractivity contribution is -0.117. The molecule has 8 heteroatoms. The Labute approximate surface area is 182 Å². The van der Waals surface area contributed by atoms with Crippen LogP contribution in [0.3, 0.4) is 0 Å². The fourth-order valence-electron chi connectivity index (χ4n) is 3.29. The van der Waals surface area contributed by atoms with Crippen LogP contribution in [0.15, 0.2) is 54.9 Å². The van der Waals surface area contributed by atoms with Gasteiger partial charge in [-0.15, -0.1) is 11.3 Å². The molecule has 1 atom stereocenters. The van der Waals surface area contributed by atoms with Crippen LogP contribution >= 0.6 is 22.9 Å². The van der Waals surface area contributed by atoms with E-state index in [1.807, 2.05) is 53.9 Å². The molecule has 0 radical (unpaired) electrons. The second-order valence-electron chi connectivity index (χ2n) is 6.89. The molecule has 0 aliphatic carbocycles. The summed E-state index contributed by atoms with van der Waals surface area (Å²) in [7, 11) is 0. The molecule has 0 aliphatic rings. The molecule has 1 amide bonds. The monoisotopic (exact) mass is 441 g/mol. The number of aromatic nitrogens is 2. The van der Waals surface area contributed by atoms with Crippen LogP contribution in [0.25, 0.3) is 16.2 Å². The Hall–Kier alpha value is -2.87. The second-order valence-corrected chi connectivity index (χ2v) is 8.43. The number of benzene rings is 1. The van der Waals surface area contributed by atoms with E-state index in [-0.39, 0.29) is 19.1 Å². The number of hydrogen-bond donors (Lipinski definition) is 2. The zero-order valence-electron chi connectivity index (χ0n) is 16.2. The Morgan fingerprint density at radius 1 is 1.33 bits per heavy atom. The fourth-order valence-corrected chi connectivity index (χ4v) is 4.75. The first kappa shape index (κ1) is 20.4. The predicted octanol–water partition coefficient (Wildman–Crippen LogP) is 4.38. The van der Waals surface area contributed by atoms with E-state index >= 15 is 0 Å². The Morgan fingerprint density at radius 3 is 2.90 bits per heavy atom. The van der Waals surface area contributed by atoms with E-state index in [0.29, 0.717) is 10.8 Å². The Kier molecular flexibility index (Phi) is 5.76. The molecule has 3 aromatic heterocycles. The fraction of sp³-hybridized carbons (Fsp3) is 0.182. The first-order valence-electron chi connectivity index (χ1n) is 9.35. The first-order chi connectivity index (χ1) is 14.5. The van der Waals surface area contributed by atoms with Gasteiger partial charge in [-0.05, 0) is 30.7 Å². The van der Waals surface area contributed by atoms with Crippen LogP contribution < -0.4 is 10.5 Å². The first-order valence-corrected chi connectivity index (χ1v) is 10.5. The molecule has 0 aliphatic heterocycles. The minimum Gasteiger partial charge on any atom is -0.485 e. The number of thiophene rings is 1. The molecule has 0 bridgehead atoms. The Bertz CT molecular complexity index is 1220. The third-order valence-electron chi connectivity index (χ3n) is 4.76. The van der Waals surface area contributed by atoms with Crippen LogP contribution in [0.5, 0.6) is 5.75 Å².